The lowest BCUT2D eigenvalue weighted by Crippen LogP contribution is -2.41. The molecule has 2 aromatic carbocycles. The van der Waals surface area contributed by atoms with Crippen LogP contribution in [0.1, 0.15) is 30.5 Å². The SMILES string of the molecule is CCOC(=O)C1=C(NC(=S)NC(c2ccccc2)c2ccccc2)CCNC1. The van der Waals surface area contributed by atoms with E-state index in [0.29, 0.717) is 30.3 Å². The number of carbonyl (C=O) groups excluding carboxylic acids is 1. The molecule has 6 heteroatoms. The summed E-state index contributed by atoms with van der Waals surface area (Å²) in [6.45, 7) is 3.42. The van der Waals surface area contributed by atoms with Gasteiger partial charge in [0.1, 0.15) is 0 Å². The zero-order chi connectivity index (χ0) is 19.8. The van der Waals surface area contributed by atoms with Crippen LogP contribution < -0.4 is 16.0 Å². The maximum atomic E-state index is 12.2. The Bertz CT molecular complexity index is 798. The van der Waals surface area contributed by atoms with Crippen molar-refractivity contribution in [3.63, 3.8) is 0 Å². The summed E-state index contributed by atoms with van der Waals surface area (Å²) >= 11 is 5.59. The number of nitrogens with one attached hydrogen (secondary N) is 3. The first kappa shape index (κ1) is 20.0. The number of hydrogen-bond acceptors (Lipinski definition) is 4. The standard InChI is InChI=1S/C22H25N3O2S/c1-2-27-21(26)18-15-23-14-13-19(18)24-22(28)25-20(16-9-5-3-6-10-16)17-11-7-4-8-12-17/h3-12,20,23H,2,13-15H2,1H3,(H2,24,25,28). The highest BCUT2D eigenvalue weighted by atomic mass is 32.1. The molecule has 0 spiro atoms. The van der Waals surface area contributed by atoms with Gasteiger partial charge in [0.15, 0.2) is 5.11 Å². The van der Waals surface area contributed by atoms with Crippen LogP contribution in [0.3, 0.4) is 0 Å². The molecule has 0 bridgehead atoms. The molecule has 0 saturated heterocycles. The number of rotatable bonds is 6. The van der Waals surface area contributed by atoms with Gasteiger partial charge in [-0.15, -0.1) is 0 Å². The van der Waals surface area contributed by atoms with Gasteiger partial charge in [-0.2, -0.15) is 0 Å². The maximum absolute atomic E-state index is 12.2. The fraction of sp³-hybridized carbons (Fsp3) is 0.273. The quantitative estimate of drug-likeness (QED) is 0.516. The first-order valence-electron chi connectivity index (χ1n) is 9.46. The van der Waals surface area contributed by atoms with Crippen molar-refractivity contribution in [2.75, 3.05) is 19.7 Å². The Morgan fingerprint density at radius 2 is 1.71 bits per heavy atom. The van der Waals surface area contributed by atoms with Crippen molar-refractivity contribution in [2.45, 2.75) is 19.4 Å². The molecule has 2 aromatic rings. The van der Waals surface area contributed by atoms with E-state index in [1.165, 1.54) is 0 Å². The molecule has 0 atom stereocenters. The maximum Gasteiger partial charge on any atom is 0.337 e. The molecule has 3 rings (SSSR count). The van der Waals surface area contributed by atoms with E-state index in [1.807, 2.05) is 36.4 Å². The molecule has 28 heavy (non-hydrogen) atoms. The van der Waals surface area contributed by atoms with E-state index in [9.17, 15) is 4.79 Å². The van der Waals surface area contributed by atoms with E-state index in [2.05, 4.69) is 40.2 Å². The second-order valence-electron chi connectivity index (χ2n) is 6.46. The van der Waals surface area contributed by atoms with Gasteiger partial charge in [0, 0.05) is 25.2 Å². The molecule has 0 aliphatic carbocycles. The summed E-state index contributed by atoms with van der Waals surface area (Å²) < 4.78 is 5.17. The van der Waals surface area contributed by atoms with E-state index in [4.69, 9.17) is 17.0 Å². The molecule has 0 aromatic heterocycles. The lowest BCUT2D eigenvalue weighted by atomic mass is 9.99. The lowest BCUT2D eigenvalue weighted by molar-refractivity contribution is -0.138. The minimum Gasteiger partial charge on any atom is -0.463 e. The summed E-state index contributed by atoms with van der Waals surface area (Å²) in [5.74, 6) is -0.303. The molecule has 1 aliphatic rings. The minimum absolute atomic E-state index is 0.0873. The topological polar surface area (TPSA) is 62.4 Å². The van der Waals surface area contributed by atoms with Crippen LogP contribution >= 0.6 is 12.2 Å². The van der Waals surface area contributed by atoms with Crippen LogP contribution in [-0.2, 0) is 9.53 Å². The number of benzene rings is 2. The molecule has 0 fully saturated rings. The largest absolute Gasteiger partial charge is 0.463 e. The second kappa shape index (κ2) is 10.0. The first-order valence-corrected chi connectivity index (χ1v) is 9.87. The molecule has 1 aliphatic heterocycles. The zero-order valence-corrected chi connectivity index (χ0v) is 16.7. The highest BCUT2D eigenvalue weighted by Crippen LogP contribution is 2.22. The fourth-order valence-corrected chi connectivity index (χ4v) is 3.43. The van der Waals surface area contributed by atoms with E-state index < -0.39 is 0 Å². The van der Waals surface area contributed by atoms with Gasteiger partial charge >= 0.3 is 5.97 Å². The second-order valence-corrected chi connectivity index (χ2v) is 6.87. The Kier molecular flexibility index (Phi) is 7.17. The van der Waals surface area contributed by atoms with Crippen molar-refractivity contribution in [3.8, 4) is 0 Å². The monoisotopic (exact) mass is 395 g/mol. The zero-order valence-electron chi connectivity index (χ0n) is 15.9. The number of ether oxygens (including phenoxy) is 1. The Morgan fingerprint density at radius 1 is 1.11 bits per heavy atom. The minimum atomic E-state index is -0.303. The van der Waals surface area contributed by atoms with Gasteiger partial charge in [-0.3, -0.25) is 0 Å². The molecular weight excluding hydrogens is 370 g/mol. The third-order valence-corrected chi connectivity index (χ3v) is 4.77. The Balaban J connectivity index is 1.79. The fourth-order valence-electron chi connectivity index (χ4n) is 3.19. The summed E-state index contributed by atoms with van der Waals surface area (Å²) in [6.07, 6.45) is 0.692. The summed E-state index contributed by atoms with van der Waals surface area (Å²) in [5.41, 5.74) is 3.65. The average Bonchev–Trinajstić information content (AvgIpc) is 2.74. The van der Waals surface area contributed by atoms with Crippen molar-refractivity contribution < 1.29 is 9.53 Å². The summed E-state index contributed by atoms with van der Waals surface area (Å²) in [7, 11) is 0. The van der Waals surface area contributed by atoms with Gasteiger partial charge in [-0.05, 0) is 30.3 Å². The number of thiocarbonyl (C=S) groups is 1. The highest BCUT2D eigenvalue weighted by Gasteiger charge is 2.22. The molecule has 5 nitrogen and oxygen atoms in total. The van der Waals surface area contributed by atoms with Crippen molar-refractivity contribution in [1.29, 1.82) is 0 Å². The van der Waals surface area contributed by atoms with Gasteiger partial charge in [0.05, 0.1) is 18.2 Å². The third-order valence-electron chi connectivity index (χ3n) is 4.55. The Hall–Kier alpha value is -2.70. The van der Waals surface area contributed by atoms with Crippen LogP contribution in [0.25, 0.3) is 0 Å². The number of hydrogen-bond donors (Lipinski definition) is 3. The smallest absolute Gasteiger partial charge is 0.337 e. The molecule has 1 heterocycles. The summed E-state index contributed by atoms with van der Waals surface area (Å²) in [6, 6.07) is 20.2. The number of esters is 1. The average molecular weight is 396 g/mol. The van der Waals surface area contributed by atoms with Crippen molar-refractivity contribution in [1.82, 2.24) is 16.0 Å². The van der Waals surface area contributed by atoms with Crippen LogP contribution in [0.2, 0.25) is 0 Å². The van der Waals surface area contributed by atoms with Gasteiger partial charge in [0.25, 0.3) is 0 Å². The van der Waals surface area contributed by atoms with Crippen molar-refractivity contribution in [2.24, 2.45) is 0 Å². The van der Waals surface area contributed by atoms with E-state index >= 15 is 0 Å². The highest BCUT2D eigenvalue weighted by molar-refractivity contribution is 7.80. The molecule has 0 amide bonds. The van der Waals surface area contributed by atoms with Crippen LogP contribution in [-0.4, -0.2) is 30.8 Å². The third kappa shape index (κ3) is 5.18. The van der Waals surface area contributed by atoms with Crippen molar-refractivity contribution >= 4 is 23.3 Å². The predicted octanol–water partition coefficient (Wildman–Crippen LogP) is 3.05. The lowest BCUT2D eigenvalue weighted by Gasteiger charge is -2.25. The molecule has 0 saturated carbocycles. The van der Waals surface area contributed by atoms with Gasteiger partial charge < -0.3 is 20.7 Å². The van der Waals surface area contributed by atoms with Gasteiger partial charge in [-0.25, -0.2) is 4.79 Å². The molecular formula is C22H25N3O2S. The summed E-state index contributed by atoms with van der Waals surface area (Å²) in [4.78, 5) is 12.2. The summed E-state index contributed by atoms with van der Waals surface area (Å²) in [5, 5.41) is 10.3. The van der Waals surface area contributed by atoms with Gasteiger partial charge in [0.2, 0.25) is 0 Å². The molecule has 0 unspecified atom stereocenters. The predicted molar refractivity (Wildman–Crippen MR) is 115 cm³/mol. The first-order chi connectivity index (χ1) is 13.7. The molecule has 3 N–H and O–H groups in total. The Morgan fingerprint density at radius 3 is 2.29 bits per heavy atom. The van der Waals surface area contributed by atoms with E-state index in [1.54, 1.807) is 6.92 Å². The van der Waals surface area contributed by atoms with Crippen molar-refractivity contribution in [3.05, 3.63) is 83.1 Å². The van der Waals surface area contributed by atoms with Crippen LogP contribution in [0.4, 0.5) is 0 Å². The van der Waals surface area contributed by atoms with E-state index in [-0.39, 0.29) is 12.0 Å². The van der Waals surface area contributed by atoms with Crippen LogP contribution in [0.15, 0.2) is 71.9 Å². The normalized spacial score (nSPS) is 13.9. The molecule has 146 valence electrons. The Labute approximate surface area is 171 Å². The van der Waals surface area contributed by atoms with Gasteiger partial charge in [-0.1, -0.05) is 60.7 Å². The van der Waals surface area contributed by atoms with Crippen LogP contribution in [0.5, 0.6) is 0 Å². The van der Waals surface area contributed by atoms with E-state index in [0.717, 1.165) is 23.4 Å². The molecule has 0 radical (unpaired) electrons. The van der Waals surface area contributed by atoms with Crippen LogP contribution in [0, 0.1) is 0 Å². The number of carbonyl (C=O) groups is 1.